The molecule has 0 spiro atoms. The van der Waals surface area contributed by atoms with Crippen molar-refractivity contribution in [1.29, 1.82) is 0 Å². The molecule has 0 fully saturated rings. The van der Waals surface area contributed by atoms with Crippen LogP contribution in [0.25, 0.3) is 0 Å². The van der Waals surface area contributed by atoms with Gasteiger partial charge in [0, 0.05) is 17.5 Å². The molecule has 1 aliphatic heterocycles. The molecule has 1 N–H and O–H groups in total. The van der Waals surface area contributed by atoms with Gasteiger partial charge in [0.1, 0.15) is 6.26 Å². The van der Waals surface area contributed by atoms with Crippen molar-refractivity contribution in [2.24, 2.45) is 4.99 Å². The zero-order chi connectivity index (χ0) is 15.4. The van der Waals surface area contributed by atoms with Crippen LogP contribution >= 0.6 is 0 Å². The molecule has 2 aromatic rings. The van der Waals surface area contributed by atoms with E-state index in [0.717, 1.165) is 12.0 Å². The number of cyclic esters (lactones) is 1. The van der Waals surface area contributed by atoms with Crippen molar-refractivity contribution in [2.45, 2.75) is 6.42 Å². The molecule has 110 valence electrons. The van der Waals surface area contributed by atoms with Crippen LogP contribution in [0.1, 0.15) is 11.3 Å². The summed E-state index contributed by atoms with van der Waals surface area (Å²) in [6.07, 6.45) is 2.82. The van der Waals surface area contributed by atoms with E-state index in [-0.39, 0.29) is 18.0 Å². The summed E-state index contributed by atoms with van der Waals surface area (Å²) in [5.41, 5.74) is 1.36. The summed E-state index contributed by atoms with van der Waals surface area (Å²) >= 11 is 0. The van der Waals surface area contributed by atoms with Crippen molar-refractivity contribution in [1.82, 2.24) is 4.98 Å². The van der Waals surface area contributed by atoms with Crippen LogP contribution in [-0.4, -0.2) is 22.8 Å². The van der Waals surface area contributed by atoms with Gasteiger partial charge in [-0.25, -0.2) is 9.79 Å². The highest BCUT2D eigenvalue weighted by atomic mass is 16.6. The number of hydrogen-bond donors (Lipinski definition) is 1. The molecular weight excluding hydrogens is 284 g/mol. The summed E-state index contributed by atoms with van der Waals surface area (Å²) in [5, 5.41) is 0. The number of carbonyl (C=O) groups is 2. The van der Waals surface area contributed by atoms with Crippen LogP contribution in [0.4, 0.5) is 0 Å². The molecule has 0 aliphatic carbocycles. The number of H-pyrrole nitrogens is 1. The van der Waals surface area contributed by atoms with Gasteiger partial charge in [-0.15, -0.1) is 0 Å². The zero-order valence-corrected chi connectivity index (χ0v) is 11.5. The molecule has 1 aromatic heterocycles. The minimum absolute atomic E-state index is 0.0429. The molecule has 22 heavy (non-hydrogen) atoms. The molecule has 1 aromatic carbocycles. The number of carbonyl (C=O) groups excluding carboxylic acids is 2. The van der Waals surface area contributed by atoms with E-state index in [1.807, 2.05) is 18.2 Å². The van der Waals surface area contributed by atoms with Crippen LogP contribution in [0.2, 0.25) is 0 Å². The van der Waals surface area contributed by atoms with Crippen molar-refractivity contribution in [3.63, 3.8) is 0 Å². The molecule has 2 heterocycles. The van der Waals surface area contributed by atoms with Crippen molar-refractivity contribution in [3.05, 3.63) is 71.9 Å². The molecule has 0 atom stereocenters. The van der Waals surface area contributed by atoms with Gasteiger partial charge in [-0.1, -0.05) is 18.2 Å². The number of aromatic nitrogens is 1. The van der Waals surface area contributed by atoms with E-state index in [9.17, 15) is 9.59 Å². The number of rotatable bonds is 4. The molecule has 0 amide bonds. The minimum Gasteiger partial charge on any atom is -0.432 e. The lowest BCUT2D eigenvalue weighted by molar-refractivity contribution is -0.137. The largest absolute Gasteiger partial charge is 0.432 e. The van der Waals surface area contributed by atoms with E-state index in [4.69, 9.17) is 9.47 Å². The number of aromatic amines is 1. The molecule has 3 rings (SSSR count). The Hall–Kier alpha value is -3.15. The maximum absolute atomic E-state index is 11.7. The Morgan fingerprint density at radius 2 is 2.05 bits per heavy atom. The third kappa shape index (κ3) is 3.12. The molecule has 1 aliphatic rings. The van der Waals surface area contributed by atoms with Crippen LogP contribution in [0.5, 0.6) is 0 Å². The summed E-state index contributed by atoms with van der Waals surface area (Å²) in [4.78, 5) is 30.2. The fraction of sp³-hybridized carbons (Fsp3) is 0.0625. The highest BCUT2D eigenvalue weighted by molar-refractivity contribution is 6.11. The molecule has 6 nitrogen and oxygen atoms in total. The highest BCUT2D eigenvalue weighted by Crippen LogP contribution is 2.16. The standard InChI is InChI=1S/C16H12N2O4/c19-14(9-12-7-4-8-17-12)21-10-13-16(20)22-15(18-13)11-5-2-1-3-6-11/h1-8,10,17H,9H2. The Kier molecular flexibility index (Phi) is 3.82. The maximum atomic E-state index is 11.7. The summed E-state index contributed by atoms with van der Waals surface area (Å²) in [6, 6.07) is 12.6. The summed E-state index contributed by atoms with van der Waals surface area (Å²) in [7, 11) is 0. The second-order valence-electron chi connectivity index (χ2n) is 4.54. The maximum Gasteiger partial charge on any atom is 0.367 e. The Morgan fingerprint density at radius 3 is 2.77 bits per heavy atom. The van der Waals surface area contributed by atoms with Crippen LogP contribution in [0, 0.1) is 0 Å². The monoisotopic (exact) mass is 296 g/mol. The number of nitrogens with one attached hydrogen (secondary N) is 1. The first kappa shape index (κ1) is 13.8. The number of ether oxygens (including phenoxy) is 2. The van der Waals surface area contributed by atoms with Gasteiger partial charge in [0.25, 0.3) is 0 Å². The van der Waals surface area contributed by atoms with E-state index in [2.05, 4.69) is 9.98 Å². The number of benzene rings is 1. The average Bonchev–Trinajstić information content (AvgIpc) is 3.16. The fourth-order valence-corrected chi connectivity index (χ4v) is 1.89. The molecule has 0 radical (unpaired) electrons. The van der Waals surface area contributed by atoms with Gasteiger partial charge in [0.2, 0.25) is 5.90 Å². The van der Waals surface area contributed by atoms with Gasteiger partial charge in [-0.2, -0.15) is 0 Å². The summed E-state index contributed by atoms with van der Waals surface area (Å²) in [5.74, 6) is -0.949. The zero-order valence-electron chi connectivity index (χ0n) is 11.5. The number of aliphatic imine (C=N–C) groups is 1. The molecule has 0 saturated heterocycles. The first-order valence-corrected chi connectivity index (χ1v) is 6.60. The van der Waals surface area contributed by atoms with Crippen molar-refractivity contribution < 1.29 is 19.1 Å². The lowest BCUT2D eigenvalue weighted by Crippen LogP contribution is -2.07. The van der Waals surface area contributed by atoms with E-state index < -0.39 is 11.9 Å². The van der Waals surface area contributed by atoms with Crippen LogP contribution in [0.3, 0.4) is 0 Å². The lowest BCUT2D eigenvalue weighted by Gasteiger charge is -1.97. The topological polar surface area (TPSA) is 80.8 Å². The van der Waals surface area contributed by atoms with Crippen LogP contribution < -0.4 is 0 Å². The minimum atomic E-state index is -0.647. The molecule has 0 saturated carbocycles. The third-order valence-corrected chi connectivity index (χ3v) is 2.94. The highest BCUT2D eigenvalue weighted by Gasteiger charge is 2.24. The van der Waals surface area contributed by atoms with Gasteiger partial charge >= 0.3 is 11.9 Å². The van der Waals surface area contributed by atoms with E-state index in [1.165, 1.54) is 0 Å². The smallest absolute Gasteiger partial charge is 0.367 e. The lowest BCUT2D eigenvalue weighted by atomic mass is 10.2. The predicted octanol–water partition coefficient (Wildman–Crippen LogP) is 1.95. The van der Waals surface area contributed by atoms with Crippen molar-refractivity contribution in [2.75, 3.05) is 0 Å². The SMILES string of the molecule is O=C(Cc1ccc[nH]1)OC=C1N=C(c2ccccc2)OC1=O. The quantitative estimate of drug-likeness (QED) is 0.531. The predicted molar refractivity (Wildman–Crippen MR) is 77.7 cm³/mol. The van der Waals surface area contributed by atoms with E-state index >= 15 is 0 Å². The molecule has 0 bridgehead atoms. The molecule has 0 unspecified atom stereocenters. The van der Waals surface area contributed by atoms with Gasteiger partial charge in [-0.05, 0) is 24.3 Å². The average molecular weight is 296 g/mol. The first-order chi connectivity index (χ1) is 10.7. The Bertz CT molecular complexity index is 746. The van der Waals surface area contributed by atoms with Crippen LogP contribution in [0.15, 0.2) is 65.6 Å². The Morgan fingerprint density at radius 1 is 1.23 bits per heavy atom. The number of esters is 2. The normalized spacial score (nSPS) is 15.5. The second kappa shape index (κ2) is 6.09. The fourth-order valence-electron chi connectivity index (χ4n) is 1.89. The summed E-state index contributed by atoms with van der Waals surface area (Å²) < 4.78 is 9.97. The van der Waals surface area contributed by atoms with E-state index in [1.54, 1.807) is 30.5 Å². The number of hydrogen-bond acceptors (Lipinski definition) is 5. The Balaban J connectivity index is 1.67. The number of nitrogens with zero attached hydrogens (tertiary/aromatic N) is 1. The Labute approximate surface area is 126 Å². The van der Waals surface area contributed by atoms with Crippen molar-refractivity contribution >= 4 is 17.8 Å². The summed E-state index contributed by atoms with van der Waals surface area (Å²) in [6.45, 7) is 0. The first-order valence-electron chi connectivity index (χ1n) is 6.60. The second-order valence-corrected chi connectivity index (χ2v) is 4.54. The molecular formula is C16H12N2O4. The van der Waals surface area contributed by atoms with Crippen molar-refractivity contribution in [3.8, 4) is 0 Å². The van der Waals surface area contributed by atoms with Gasteiger partial charge in [-0.3, -0.25) is 4.79 Å². The van der Waals surface area contributed by atoms with Gasteiger partial charge in [0.15, 0.2) is 5.70 Å². The van der Waals surface area contributed by atoms with Gasteiger partial charge < -0.3 is 14.5 Å². The van der Waals surface area contributed by atoms with Gasteiger partial charge in [0.05, 0.1) is 6.42 Å². The van der Waals surface area contributed by atoms with E-state index in [0.29, 0.717) is 5.56 Å². The third-order valence-electron chi connectivity index (χ3n) is 2.94. The molecule has 6 heteroatoms. The van der Waals surface area contributed by atoms with Crippen LogP contribution in [-0.2, 0) is 25.5 Å².